The second kappa shape index (κ2) is 6.97. The molecule has 7 nitrogen and oxygen atoms in total. The Morgan fingerprint density at radius 3 is 2.95 bits per heavy atom. The molecule has 22 heavy (non-hydrogen) atoms. The molecule has 0 saturated heterocycles. The third-order valence-corrected chi connectivity index (χ3v) is 4.81. The van der Waals surface area contributed by atoms with Crippen molar-refractivity contribution in [1.29, 1.82) is 0 Å². The fourth-order valence-corrected chi connectivity index (χ4v) is 3.30. The standard InChI is InChI=1S/C14H20N6OS/c15-10-1-3-11(4-2-10)20-9-12(18-19-20)14(21)17-6-5-13-16-7-8-22-13/h7-11H,1-6,15H2,(H,17,21). The van der Waals surface area contributed by atoms with Crippen LogP contribution in [0, 0.1) is 0 Å². The van der Waals surface area contributed by atoms with Gasteiger partial charge in [0.05, 0.1) is 17.2 Å². The summed E-state index contributed by atoms with van der Waals surface area (Å²) in [5, 5.41) is 13.9. The maximum atomic E-state index is 12.1. The Labute approximate surface area is 132 Å². The molecule has 0 radical (unpaired) electrons. The van der Waals surface area contributed by atoms with Gasteiger partial charge in [0.1, 0.15) is 0 Å². The van der Waals surface area contributed by atoms with E-state index < -0.39 is 0 Å². The zero-order chi connectivity index (χ0) is 15.4. The average Bonchev–Trinajstić information content (AvgIpc) is 3.19. The largest absolute Gasteiger partial charge is 0.350 e. The van der Waals surface area contributed by atoms with E-state index in [4.69, 9.17) is 5.73 Å². The second-order valence-electron chi connectivity index (χ2n) is 5.58. The topological polar surface area (TPSA) is 98.7 Å². The van der Waals surface area contributed by atoms with E-state index in [1.54, 1.807) is 23.7 Å². The number of hydrogen-bond acceptors (Lipinski definition) is 6. The highest BCUT2D eigenvalue weighted by molar-refractivity contribution is 7.09. The van der Waals surface area contributed by atoms with Crippen molar-refractivity contribution in [2.45, 2.75) is 44.2 Å². The van der Waals surface area contributed by atoms with E-state index >= 15 is 0 Å². The number of carbonyl (C=O) groups is 1. The third-order valence-electron chi connectivity index (χ3n) is 3.97. The summed E-state index contributed by atoms with van der Waals surface area (Å²) < 4.78 is 1.81. The van der Waals surface area contributed by atoms with Crippen LogP contribution >= 0.6 is 11.3 Å². The Kier molecular flexibility index (Phi) is 4.79. The predicted molar refractivity (Wildman–Crippen MR) is 83.7 cm³/mol. The number of nitrogens with one attached hydrogen (secondary N) is 1. The maximum Gasteiger partial charge on any atom is 0.273 e. The lowest BCUT2D eigenvalue weighted by Crippen LogP contribution is -2.28. The zero-order valence-corrected chi connectivity index (χ0v) is 13.1. The van der Waals surface area contributed by atoms with Crippen molar-refractivity contribution < 1.29 is 4.79 Å². The molecule has 0 spiro atoms. The number of aromatic nitrogens is 4. The van der Waals surface area contributed by atoms with Crippen molar-refractivity contribution in [3.63, 3.8) is 0 Å². The summed E-state index contributed by atoms with van der Waals surface area (Å²) in [7, 11) is 0. The van der Waals surface area contributed by atoms with E-state index in [0.717, 1.165) is 37.1 Å². The van der Waals surface area contributed by atoms with Gasteiger partial charge in [-0.15, -0.1) is 16.4 Å². The van der Waals surface area contributed by atoms with E-state index in [9.17, 15) is 4.79 Å². The average molecular weight is 320 g/mol. The Hall–Kier alpha value is -1.80. The van der Waals surface area contributed by atoms with Gasteiger partial charge in [-0.1, -0.05) is 5.21 Å². The van der Waals surface area contributed by atoms with Gasteiger partial charge in [0, 0.05) is 30.6 Å². The highest BCUT2D eigenvalue weighted by Crippen LogP contribution is 2.26. The lowest BCUT2D eigenvalue weighted by atomic mass is 9.92. The molecule has 3 N–H and O–H groups in total. The zero-order valence-electron chi connectivity index (χ0n) is 12.3. The number of hydrogen-bond donors (Lipinski definition) is 2. The van der Waals surface area contributed by atoms with Gasteiger partial charge in [-0.05, 0) is 25.7 Å². The van der Waals surface area contributed by atoms with Crippen molar-refractivity contribution in [1.82, 2.24) is 25.3 Å². The van der Waals surface area contributed by atoms with Gasteiger partial charge >= 0.3 is 0 Å². The highest BCUT2D eigenvalue weighted by atomic mass is 32.1. The molecule has 118 valence electrons. The van der Waals surface area contributed by atoms with Gasteiger partial charge in [-0.25, -0.2) is 9.67 Å². The first-order chi connectivity index (χ1) is 10.7. The number of thiazole rings is 1. The van der Waals surface area contributed by atoms with Gasteiger partial charge in [-0.3, -0.25) is 4.79 Å². The molecule has 0 unspecified atom stereocenters. The molecule has 2 aromatic rings. The first-order valence-corrected chi connectivity index (χ1v) is 8.44. The molecule has 2 heterocycles. The summed E-state index contributed by atoms with van der Waals surface area (Å²) in [5.41, 5.74) is 6.28. The summed E-state index contributed by atoms with van der Waals surface area (Å²) in [4.78, 5) is 16.2. The quantitative estimate of drug-likeness (QED) is 0.861. The molecule has 8 heteroatoms. The molecular weight excluding hydrogens is 300 g/mol. The highest BCUT2D eigenvalue weighted by Gasteiger charge is 2.22. The van der Waals surface area contributed by atoms with Gasteiger partial charge in [0.2, 0.25) is 0 Å². The summed E-state index contributed by atoms with van der Waals surface area (Å²) in [5.74, 6) is -0.185. The van der Waals surface area contributed by atoms with Crippen LogP contribution in [0.3, 0.4) is 0 Å². The van der Waals surface area contributed by atoms with Crippen LogP contribution in [-0.4, -0.2) is 38.5 Å². The smallest absolute Gasteiger partial charge is 0.273 e. The van der Waals surface area contributed by atoms with Crippen LogP contribution < -0.4 is 11.1 Å². The van der Waals surface area contributed by atoms with Crippen molar-refractivity contribution in [3.8, 4) is 0 Å². The fraction of sp³-hybridized carbons (Fsp3) is 0.571. The first-order valence-electron chi connectivity index (χ1n) is 7.56. The molecule has 1 aliphatic rings. The van der Waals surface area contributed by atoms with Crippen molar-refractivity contribution in [2.24, 2.45) is 5.73 Å². The molecule has 1 aliphatic carbocycles. The van der Waals surface area contributed by atoms with E-state index in [1.165, 1.54) is 0 Å². The molecule has 3 rings (SSSR count). The normalized spacial score (nSPS) is 21.7. The molecule has 0 bridgehead atoms. The Bertz CT molecular complexity index is 603. The Morgan fingerprint density at radius 2 is 2.23 bits per heavy atom. The SMILES string of the molecule is NC1CCC(n2cc(C(=O)NCCc3nccs3)nn2)CC1. The van der Waals surface area contributed by atoms with Gasteiger partial charge in [-0.2, -0.15) is 0 Å². The number of nitrogens with zero attached hydrogens (tertiary/aromatic N) is 4. The van der Waals surface area contributed by atoms with E-state index in [1.807, 2.05) is 10.1 Å². The Morgan fingerprint density at radius 1 is 1.41 bits per heavy atom. The third kappa shape index (κ3) is 3.69. The van der Waals surface area contributed by atoms with Crippen LogP contribution in [0.15, 0.2) is 17.8 Å². The van der Waals surface area contributed by atoms with Crippen molar-refractivity contribution in [3.05, 3.63) is 28.5 Å². The molecule has 2 aromatic heterocycles. The summed E-state index contributed by atoms with van der Waals surface area (Å²) in [6.07, 6.45) is 8.23. The van der Waals surface area contributed by atoms with Gasteiger partial charge in [0.25, 0.3) is 5.91 Å². The van der Waals surface area contributed by atoms with Crippen LogP contribution in [-0.2, 0) is 6.42 Å². The molecule has 1 saturated carbocycles. The van der Waals surface area contributed by atoms with Crippen molar-refractivity contribution in [2.75, 3.05) is 6.54 Å². The van der Waals surface area contributed by atoms with Crippen LogP contribution in [0.2, 0.25) is 0 Å². The van der Waals surface area contributed by atoms with Crippen LogP contribution in [0.25, 0.3) is 0 Å². The molecular formula is C14H20N6OS. The summed E-state index contributed by atoms with van der Waals surface area (Å²) >= 11 is 1.59. The van der Waals surface area contributed by atoms with Crippen LogP contribution in [0.1, 0.15) is 47.2 Å². The number of carbonyl (C=O) groups excluding carboxylic acids is 1. The monoisotopic (exact) mass is 320 g/mol. The second-order valence-corrected chi connectivity index (χ2v) is 6.56. The fourth-order valence-electron chi connectivity index (χ4n) is 2.68. The number of rotatable bonds is 5. The van der Waals surface area contributed by atoms with Gasteiger partial charge in [0.15, 0.2) is 5.69 Å². The minimum Gasteiger partial charge on any atom is -0.350 e. The lowest BCUT2D eigenvalue weighted by molar-refractivity contribution is 0.0949. The number of nitrogens with two attached hydrogens (primary N) is 1. The predicted octanol–water partition coefficient (Wildman–Crippen LogP) is 1.15. The minimum atomic E-state index is -0.185. The van der Waals surface area contributed by atoms with Crippen LogP contribution in [0.4, 0.5) is 0 Å². The van der Waals surface area contributed by atoms with Crippen molar-refractivity contribution >= 4 is 17.2 Å². The van der Waals surface area contributed by atoms with E-state index in [2.05, 4.69) is 20.6 Å². The molecule has 0 aromatic carbocycles. The summed E-state index contributed by atoms with van der Waals surface area (Å²) in [6, 6.07) is 0.609. The Balaban J connectivity index is 1.50. The van der Waals surface area contributed by atoms with E-state index in [0.29, 0.717) is 24.3 Å². The first kappa shape index (κ1) is 15.1. The number of amides is 1. The lowest BCUT2D eigenvalue weighted by Gasteiger charge is -2.25. The van der Waals surface area contributed by atoms with Gasteiger partial charge < -0.3 is 11.1 Å². The van der Waals surface area contributed by atoms with E-state index in [-0.39, 0.29) is 5.91 Å². The van der Waals surface area contributed by atoms with Crippen LogP contribution in [0.5, 0.6) is 0 Å². The molecule has 1 fully saturated rings. The molecule has 1 amide bonds. The maximum absolute atomic E-state index is 12.1. The molecule has 0 atom stereocenters. The summed E-state index contributed by atoms with van der Waals surface area (Å²) in [6.45, 7) is 0.553. The molecule has 0 aliphatic heterocycles. The minimum absolute atomic E-state index is 0.185.